The minimum Gasteiger partial charge on any atom is -0.466 e. The molecule has 0 heterocycles. The molecule has 1 aliphatic carbocycles. The summed E-state index contributed by atoms with van der Waals surface area (Å²) in [4.78, 5) is 12.0. The monoisotopic (exact) mass is 349 g/mol. The second kappa shape index (κ2) is 9.66. The van der Waals surface area contributed by atoms with Crippen molar-refractivity contribution in [1.29, 1.82) is 0 Å². The Kier molecular flexibility index (Phi) is 8.57. The summed E-state index contributed by atoms with van der Waals surface area (Å²) < 4.78 is 34.4. The van der Waals surface area contributed by atoms with Crippen molar-refractivity contribution in [3.8, 4) is 0 Å². The number of ether oxygens (including phenoxy) is 1. The van der Waals surface area contributed by atoms with E-state index in [1.54, 1.807) is 20.8 Å². The Hall–Kier alpha value is -0.750. The van der Waals surface area contributed by atoms with Crippen LogP contribution in [0.1, 0.15) is 65.7 Å². The number of aliphatic hydroxyl groups is 1. The van der Waals surface area contributed by atoms with Gasteiger partial charge in [0.25, 0.3) is 5.92 Å². The van der Waals surface area contributed by atoms with E-state index in [9.17, 15) is 18.7 Å². The van der Waals surface area contributed by atoms with E-state index in [-0.39, 0.29) is 24.9 Å². The second-order valence-electron chi connectivity index (χ2n) is 7.46. The Labute approximate surface area is 144 Å². The maximum absolute atomic E-state index is 14.8. The van der Waals surface area contributed by atoms with Gasteiger partial charge < -0.3 is 15.6 Å². The summed E-state index contributed by atoms with van der Waals surface area (Å²) in [6, 6.07) is -1.04. The molecule has 0 aromatic rings. The zero-order chi connectivity index (χ0) is 18.3. The number of carbonyl (C=O) groups is 1. The smallest absolute Gasteiger partial charge is 0.315 e. The molecule has 1 saturated carbocycles. The maximum atomic E-state index is 14.8. The average molecular weight is 349 g/mol. The lowest BCUT2D eigenvalue weighted by Gasteiger charge is -2.34. The number of hydrogen-bond acceptors (Lipinski definition) is 4. The van der Waals surface area contributed by atoms with Gasteiger partial charge in [-0.3, -0.25) is 4.79 Å². The van der Waals surface area contributed by atoms with Crippen molar-refractivity contribution in [2.45, 2.75) is 83.8 Å². The van der Waals surface area contributed by atoms with E-state index >= 15 is 0 Å². The van der Waals surface area contributed by atoms with Gasteiger partial charge in [-0.05, 0) is 31.6 Å². The first-order chi connectivity index (χ1) is 11.2. The van der Waals surface area contributed by atoms with Crippen LogP contribution in [0, 0.1) is 17.8 Å². The lowest BCUT2D eigenvalue weighted by atomic mass is 9.80. The van der Waals surface area contributed by atoms with Gasteiger partial charge in [0.1, 0.15) is 12.0 Å². The summed E-state index contributed by atoms with van der Waals surface area (Å²) in [5.74, 6) is -6.05. The number of alkyl halides is 2. The van der Waals surface area contributed by atoms with Crippen LogP contribution < -0.4 is 5.73 Å². The normalized spacial score (nSPS) is 20.7. The predicted octanol–water partition coefficient (Wildman–Crippen LogP) is 3.51. The topological polar surface area (TPSA) is 72.5 Å². The highest BCUT2D eigenvalue weighted by atomic mass is 19.3. The Balaban J connectivity index is 2.79. The number of carbonyl (C=O) groups excluding carboxylic acids is 1. The van der Waals surface area contributed by atoms with Gasteiger partial charge in [0.15, 0.2) is 0 Å². The average Bonchev–Trinajstić information content (AvgIpc) is 2.52. The standard InChI is InChI=1S/C18H33F2NO3/c1-4-24-17(23)14(10-12(2)3)18(19,20)16(22)15(21)11-13-8-6-5-7-9-13/h12-16,22H,4-11,21H2,1-3H3/t14-,15-,16+/m1/s1. The zero-order valence-corrected chi connectivity index (χ0v) is 15.1. The summed E-state index contributed by atoms with van der Waals surface area (Å²) in [5, 5.41) is 10.2. The second-order valence-corrected chi connectivity index (χ2v) is 7.46. The fourth-order valence-electron chi connectivity index (χ4n) is 3.55. The van der Waals surface area contributed by atoms with Crippen molar-refractivity contribution in [3.05, 3.63) is 0 Å². The van der Waals surface area contributed by atoms with Crippen LogP contribution >= 0.6 is 0 Å². The number of hydrogen-bond donors (Lipinski definition) is 2. The molecule has 1 rings (SSSR count). The molecule has 24 heavy (non-hydrogen) atoms. The third-order valence-electron chi connectivity index (χ3n) is 4.87. The highest BCUT2D eigenvalue weighted by molar-refractivity contribution is 5.73. The quantitative estimate of drug-likeness (QED) is 0.625. The summed E-state index contributed by atoms with van der Waals surface area (Å²) in [5.41, 5.74) is 5.89. The van der Waals surface area contributed by atoms with Gasteiger partial charge in [-0.2, -0.15) is 0 Å². The molecule has 1 fully saturated rings. The molecular formula is C18H33F2NO3. The molecule has 142 valence electrons. The molecule has 0 unspecified atom stereocenters. The number of esters is 1. The molecule has 0 radical (unpaired) electrons. The third kappa shape index (κ3) is 5.96. The molecular weight excluding hydrogens is 316 g/mol. The van der Waals surface area contributed by atoms with Crippen LogP contribution in [0.25, 0.3) is 0 Å². The third-order valence-corrected chi connectivity index (χ3v) is 4.87. The van der Waals surface area contributed by atoms with Gasteiger partial charge in [-0.15, -0.1) is 0 Å². The molecule has 0 saturated heterocycles. The molecule has 0 amide bonds. The van der Waals surface area contributed by atoms with Crippen LogP contribution in [0.3, 0.4) is 0 Å². The van der Waals surface area contributed by atoms with Gasteiger partial charge in [0.05, 0.1) is 6.61 Å². The molecule has 3 N–H and O–H groups in total. The maximum Gasteiger partial charge on any atom is 0.315 e. The van der Waals surface area contributed by atoms with Crippen LogP contribution in [0.2, 0.25) is 0 Å². The summed E-state index contributed by atoms with van der Waals surface area (Å²) in [6.07, 6.45) is 3.58. The fraction of sp³-hybridized carbons (Fsp3) is 0.944. The van der Waals surface area contributed by atoms with Crippen LogP contribution in [0.15, 0.2) is 0 Å². The van der Waals surface area contributed by atoms with Crippen molar-refractivity contribution < 1.29 is 23.4 Å². The van der Waals surface area contributed by atoms with Crippen molar-refractivity contribution in [3.63, 3.8) is 0 Å². The first kappa shape index (κ1) is 21.3. The van der Waals surface area contributed by atoms with E-state index in [1.165, 1.54) is 6.42 Å². The van der Waals surface area contributed by atoms with E-state index in [1.807, 2.05) is 0 Å². The van der Waals surface area contributed by atoms with Gasteiger partial charge in [0, 0.05) is 6.04 Å². The summed E-state index contributed by atoms with van der Waals surface area (Å²) in [7, 11) is 0. The van der Waals surface area contributed by atoms with Crippen molar-refractivity contribution >= 4 is 5.97 Å². The minimum atomic E-state index is -3.59. The van der Waals surface area contributed by atoms with E-state index in [0.717, 1.165) is 25.7 Å². The molecule has 1 aliphatic rings. The summed E-state index contributed by atoms with van der Waals surface area (Å²) >= 11 is 0. The number of halogens is 2. The van der Waals surface area contributed by atoms with Crippen LogP contribution in [0.4, 0.5) is 8.78 Å². The van der Waals surface area contributed by atoms with Gasteiger partial charge in [0.2, 0.25) is 0 Å². The fourth-order valence-corrected chi connectivity index (χ4v) is 3.55. The van der Waals surface area contributed by atoms with E-state index in [0.29, 0.717) is 6.42 Å². The number of aliphatic hydroxyl groups excluding tert-OH is 1. The van der Waals surface area contributed by atoms with Crippen LogP contribution in [-0.4, -0.2) is 35.8 Å². The van der Waals surface area contributed by atoms with E-state index in [4.69, 9.17) is 10.5 Å². The van der Waals surface area contributed by atoms with Crippen molar-refractivity contribution in [1.82, 2.24) is 0 Å². The Morgan fingerprint density at radius 1 is 1.29 bits per heavy atom. The largest absolute Gasteiger partial charge is 0.466 e. The Morgan fingerprint density at radius 2 is 1.88 bits per heavy atom. The molecule has 0 aromatic heterocycles. The first-order valence-corrected chi connectivity index (χ1v) is 9.18. The lowest BCUT2D eigenvalue weighted by Crippen LogP contribution is -2.54. The number of rotatable bonds is 9. The molecule has 3 atom stereocenters. The zero-order valence-electron chi connectivity index (χ0n) is 15.1. The SMILES string of the molecule is CCOC(=O)[C@@H](CC(C)C)C(F)(F)[C@@H](O)[C@H](N)CC1CCCCC1. The van der Waals surface area contributed by atoms with Crippen molar-refractivity contribution in [2.24, 2.45) is 23.5 Å². The van der Waals surface area contributed by atoms with Crippen LogP contribution in [0.5, 0.6) is 0 Å². The minimum absolute atomic E-state index is 0.0354. The van der Waals surface area contributed by atoms with Gasteiger partial charge >= 0.3 is 5.97 Å². The molecule has 0 bridgehead atoms. The summed E-state index contributed by atoms with van der Waals surface area (Å²) in [6.45, 7) is 5.13. The van der Waals surface area contributed by atoms with Gasteiger partial charge in [-0.25, -0.2) is 8.78 Å². The highest BCUT2D eigenvalue weighted by Gasteiger charge is 2.53. The Bertz CT molecular complexity index is 384. The first-order valence-electron chi connectivity index (χ1n) is 9.18. The van der Waals surface area contributed by atoms with E-state index in [2.05, 4.69) is 0 Å². The van der Waals surface area contributed by atoms with E-state index < -0.39 is 30.0 Å². The van der Waals surface area contributed by atoms with Crippen molar-refractivity contribution in [2.75, 3.05) is 6.61 Å². The van der Waals surface area contributed by atoms with Crippen LogP contribution in [-0.2, 0) is 9.53 Å². The molecule has 0 spiro atoms. The molecule has 0 aromatic carbocycles. The lowest BCUT2D eigenvalue weighted by molar-refractivity contribution is -0.188. The molecule has 0 aliphatic heterocycles. The molecule has 4 nitrogen and oxygen atoms in total. The number of nitrogens with two attached hydrogens (primary N) is 1. The predicted molar refractivity (Wildman–Crippen MR) is 89.7 cm³/mol. The highest BCUT2D eigenvalue weighted by Crippen LogP contribution is 2.37. The van der Waals surface area contributed by atoms with Gasteiger partial charge in [-0.1, -0.05) is 46.0 Å². The Morgan fingerprint density at radius 3 is 2.38 bits per heavy atom. The molecule has 6 heteroatoms.